The summed E-state index contributed by atoms with van der Waals surface area (Å²) in [6.45, 7) is 18.3. The molecule has 12 aromatic rings. The van der Waals surface area contributed by atoms with E-state index >= 15 is 0 Å². The number of hydrogen-bond donors (Lipinski definition) is 3. The maximum absolute atomic E-state index is 13.8. The molecule has 17 rings (SSSR count). The van der Waals surface area contributed by atoms with Gasteiger partial charge in [0, 0.05) is 113 Å². The number of alkyl halides is 2. The van der Waals surface area contributed by atoms with Gasteiger partial charge in [0.25, 0.3) is 6.43 Å². The number of imidazole rings is 1. The minimum atomic E-state index is -2.68. The van der Waals surface area contributed by atoms with Crippen LogP contribution in [0, 0.1) is 57.8 Å². The lowest BCUT2D eigenvalue weighted by atomic mass is 9.92. The number of pyridine rings is 4. The summed E-state index contributed by atoms with van der Waals surface area (Å²) in [5, 5.41) is 28.6. The Morgan fingerprint density at radius 1 is 0.559 bits per heavy atom. The third-order valence-corrected chi connectivity index (χ3v) is 19.7. The molecule has 0 saturated heterocycles. The van der Waals surface area contributed by atoms with Crippen LogP contribution in [-0.4, -0.2) is 75.7 Å². The summed E-state index contributed by atoms with van der Waals surface area (Å²) in [7, 11) is 1.65. The Morgan fingerprint density at radius 3 is 1.54 bits per heavy atom. The van der Waals surface area contributed by atoms with E-state index in [-0.39, 0.29) is 17.9 Å². The molecular formula is C78H78F2N18O4. The first-order valence-electron chi connectivity index (χ1n) is 34.3. The van der Waals surface area contributed by atoms with Gasteiger partial charge in [0.2, 0.25) is 5.88 Å². The van der Waals surface area contributed by atoms with Crippen molar-refractivity contribution in [3.8, 4) is 85.5 Å². The lowest BCUT2D eigenvalue weighted by Crippen LogP contribution is -2.14. The number of aryl methyl sites for hydroxylation is 5. The molecule has 5 aliphatic rings. The highest BCUT2D eigenvalue weighted by Crippen LogP contribution is 2.44. The number of nitrogen functional groups attached to an aromatic ring is 3. The fourth-order valence-electron chi connectivity index (χ4n) is 14.1. The number of anilines is 3. The van der Waals surface area contributed by atoms with Gasteiger partial charge in [0.15, 0.2) is 40.4 Å². The molecule has 2 fully saturated rings. The Labute approximate surface area is 588 Å². The normalized spacial score (nSPS) is 16.2. The molecule has 518 valence electrons. The van der Waals surface area contributed by atoms with Gasteiger partial charge < -0.3 is 40.7 Å². The average Bonchev–Trinajstić information content (AvgIpc) is 1.57. The smallest absolute Gasteiger partial charge is 0.282 e. The molecular weight excluding hydrogens is 1290 g/mol. The van der Waals surface area contributed by atoms with Crippen molar-refractivity contribution in [1.29, 1.82) is 5.26 Å². The summed E-state index contributed by atoms with van der Waals surface area (Å²) in [5.74, 6) is 4.35. The van der Waals surface area contributed by atoms with Crippen LogP contribution >= 0.6 is 0 Å². The molecule has 6 N–H and O–H groups in total. The summed E-state index contributed by atoms with van der Waals surface area (Å²) in [6, 6.07) is 32.0. The second-order valence-corrected chi connectivity index (χ2v) is 27.3. The van der Waals surface area contributed by atoms with Crippen molar-refractivity contribution in [2.75, 3.05) is 24.3 Å². The van der Waals surface area contributed by atoms with E-state index in [2.05, 4.69) is 97.9 Å². The number of rotatable bonds is 6. The number of methoxy groups -OCH3 is 1. The van der Waals surface area contributed by atoms with Crippen LogP contribution in [0.3, 0.4) is 0 Å². The van der Waals surface area contributed by atoms with Crippen LogP contribution in [0.4, 0.5) is 26.2 Å². The largest absolute Gasteiger partial charge is 0.482 e. The number of benzene rings is 3. The molecule has 3 atom stereocenters. The molecule has 6 bridgehead atoms. The predicted octanol–water partition coefficient (Wildman–Crippen LogP) is 14.8. The Morgan fingerprint density at radius 2 is 1.04 bits per heavy atom. The molecule has 0 amide bonds. The summed E-state index contributed by atoms with van der Waals surface area (Å²) in [6.07, 6.45) is 12.8. The van der Waals surface area contributed by atoms with Crippen LogP contribution in [0.25, 0.3) is 56.3 Å². The molecule has 24 heteroatoms. The Hall–Kier alpha value is -11.7. The monoisotopic (exact) mass is 1370 g/mol. The first-order chi connectivity index (χ1) is 49.2. The molecule has 3 aromatic carbocycles. The van der Waals surface area contributed by atoms with Crippen LogP contribution in [0.1, 0.15) is 155 Å². The van der Waals surface area contributed by atoms with Crippen LogP contribution in [0.5, 0.6) is 23.1 Å². The predicted molar refractivity (Wildman–Crippen MR) is 384 cm³/mol. The van der Waals surface area contributed by atoms with Crippen molar-refractivity contribution in [3.63, 3.8) is 0 Å². The maximum Gasteiger partial charge on any atom is 0.282 e. The second kappa shape index (κ2) is 26.7. The van der Waals surface area contributed by atoms with Crippen molar-refractivity contribution in [2.45, 2.75) is 138 Å². The van der Waals surface area contributed by atoms with Crippen molar-refractivity contribution >= 4 is 17.5 Å². The lowest BCUT2D eigenvalue weighted by molar-refractivity contribution is 0.145. The zero-order valence-corrected chi connectivity index (χ0v) is 58.3. The van der Waals surface area contributed by atoms with Gasteiger partial charge in [0.1, 0.15) is 30.1 Å². The number of nitriles is 1. The number of hydrogen-bond acceptors (Lipinski definition) is 17. The first kappa shape index (κ1) is 66.2. The summed E-state index contributed by atoms with van der Waals surface area (Å²) >= 11 is 0. The topological polar surface area (TPSA) is 279 Å². The van der Waals surface area contributed by atoms with Gasteiger partial charge in [-0.3, -0.25) is 14.3 Å². The zero-order chi connectivity index (χ0) is 70.9. The Bertz CT molecular complexity index is 5280. The zero-order valence-electron chi connectivity index (χ0n) is 58.3. The number of fused-ring (bicyclic) bond motifs is 21. The number of nitrogens with two attached hydrogens (primary N) is 3. The number of aromatic nitrogens is 14. The molecule has 0 spiro atoms. The third-order valence-electron chi connectivity index (χ3n) is 19.7. The molecule has 2 aliphatic carbocycles. The van der Waals surface area contributed by atoms with E-state index in [4.69, 9.17) is 51.4 Å². The minimum Gasteiger partial charge on any atom is -0.482 e. The van der Waals surface area contributed by atoms with Crippen LogP contribution < -0.4 is 36.1 Å². The second-order valence-electron chi connectivity index (χ2n) is 27.3. The van der Waals surface area contributed by atoms with Crippen LogP contribution in [-0.2, 0) is 32.5 Å². The van der Waals surface area contributed by atoms with Gasteiger partial charge in [0.05, 0.1) is 65.5 Å². The molecule has 22 nitrogen and oxygen atoms in total. The summed E-state index contributed by atoms with van der Waals surface area (Å²) < 4.78 is 62.1. The van der Waals surface area contributed by atoms with Gasteiger partial charge in [-0.15, -0.1) is 5.10 Å². The Kier molecular flexibility index (Phi) is 17.3. The van der Waals surface area contributed by atoms with Gasteiger partial charge in [-0.2, -0.15) is 20.6 Å². The highest BCUT2D eigenvalue weighted by molar-refractivity contribution is 5.75. The molecule has 102 heavy (non-hydrogen) atoms. The van der Waals surface area contributed by atoms with E-state index in [0.29, 0.717) is 94.6 Å². The summed E-state index contributed by atoms with van der Waals surface area (Å²) in [5.41, 5.74) is 40.6. The van der Waals surface area contributed by atoms with Crippen LogP contribution in [0.15, 0.2) is 128 Å². The van der Waals surface area contributed by atoms with Gasteiger partial charge in [-0.1, -0.05) is 59.2 Å². The summed E-state index contributed by atoms with van der Waals surface area (Å²) in [4.78, 5) is 22.0. The quantitative estimate of drug-likeness (QED) is 0.139. The van der Waals surface area contributed by atoms with Crippen molar-refractivity contribution < 1.29 is 27.7 Å². The number of ether oxygens (including phenoxy) is 4. The van der Waals surface area contributed by atoms with Crippen molar-refractivity contribution in [2.24, 2.45) is 11.8 Å². The average molecular weight is 1370 g/mol. The lowest BCUT2D eigenvalue weighted by Gasteiger charge is -2.23. The maximum atomic E-state index is 13.8. The SMILES string of the molecule is COc1cc2n(n1)-c1ccc(C)cc1C(C)Oc1cc(cnc1N)-c1c(c(C)nn1CC1CC1)C2.Cc1ccc2c(c1)C(C)Oc1cc(cnc1N)-c1c(C#N)ncn1Cc1cnccc1-2.Cc1ccc2c(c1)C(C)Oc1cc(cnc1N)-c1c(c(C)nn1CC1CC1)Cc1cc(C(F)F)nn1-2. The van der Waals surface area contributed by atoms with Gasteiger partial charge in [-0.25, -0.2) is 38.1 Å². The molecule has 0 radical (unpaired) electrons. The van der Waals surface area contributed by atoms with E-state index in [1.165, 1.54) is 31.7 Å². The van der Waals surface area contributed by atoms with E-state index in [1.807, 2.05) is 109 Å². The third kappa shape index (κ3) is 12.9. The van der Waals surface area contributed by atoms with Crippen molar-refractivity contribution in [1.82, 2.24) is 68.6 Å². The molecule has 3 aliphatic heterocycles. The number of halogens is 2. The van der Waals surface area contributed by atoms with Gasteiger partial charge in [-0.05, 0) is 152 Å². The van der Waals surface area contributed by atoms with Crippen LogP contribution in [0.2, 0.25) is 0 Å². The van der Waals surface area contributed by atoms with E-state index in [0.717, 1.165) is 125 Å². The molecule has 12 heterocycles. The van der Waals surface area contributed by atoms with E-state index < -0.39 is 12.5 Å². The van der Waals surface area contributed by atoms with E-state index in [1.54, 1.807) is 36.7 Å². The number of nitrogens with zero attached hydrogens (tertiary/aromatic N) is 15. The molecule has 3 unspecified atom stereocenters. The fraction of sp³-hybridized carbons (Fsp3) is 0.308. The van der Waals surface area contributed by atoms with Gasteiger partial charge >= 0.3 is 0 Å². The first-order valence-corrected chi connectivity index (χ1v) is 34.3. The molecule has 2 saturated carbocycles. The van der Waals surface area contributed by atoms with Crippen molar-refractivity contribution in [3.05, 3.63) is 213 Å². The standard InChI is InChI=1S/C27H28F2N6O.C27H30N6O2.C24H20N6O/c1-14-4-7-23-21(8-14)16(3)36-24-9-18(12-31-27(24)30)25-20(15(2)32-34(25)13-17-5-6-17)10-19-11-22(26(28)29)33-35(19)23;1-15-5-8-23-22(9-15)17(3)35-24-10-19(13-29-27(24)28)26-21(11-20-12-25(34-4)31-33(20)23)16(2)30-32(26)14-18-6-7-18;1-14-3-4-19-18-5-6-27-10-17(18)12-30-13-29-21(9-25)23(30)16-8-22(24(26)28-11-16)31-15(2)20(19)7-14/h4,7-9,11-12,16-17,26H,5-6,10,13H2,1-3H3,(H2,30,31);5,8-10,12-13,17-18H,6-7,11,14H2,1-4H3,(H2,28,29);3-8,10-11,13,15H,12H2,1-2H3,(H2,26,28). The van der Waals surface area contributed by atoms with E-state index in [9.17, 15) is 14.0 Å². The molecule has 9 aromatic heterocycles. The fourth-order valence-corrected chi connectivity index (χ4v) is 14.1. The Balaban J connectivity index is 0.000000124. The minimum absolute atomic E-state index is 0.254. The highest BCUT2D eigenvalue weighted by Gasteiger charge is 2.33. The highest BCUT2D eigenvalue weighted by atomic mass is 19.3.